The molecule has 0 amide bonds. The van der Waals surface area contributed by atoms with Gasteiger partial charge in [-0.2, -0.15) is 24.5 Å². The molecule has 1 aliphatic heterocycles. The first-order valence-electron chi connectivity index (χ1n) is 7.30. The Bertz CT molecular complexity index is 649. The van der Waals surface area contributed by atoms with Gasteiger partial charge in [0.1, 0.15) is 5.82 Å². The van der Waals surface area contributed by atoms with Crippen molar-refractivity contribution >= 4 is 11.3 Å². The number of piperazine rings is 1. The Labute approximate surface area is 135 Å². The molecule has 1 N–H and O–H groups in total. The van der Waals surface area contributed by atoms with Crippen molar-refractivity contribution in [1.29, 1.82) is 0 Å². The molecule has 124 valence electrons. The van der Waals surface area contributed by atoms with Gasteiger partial charge in [0, 0.05) is 26.2 Å². The number of nitrogens with zero attached hydrogens (tertiary/aromatic N) is 1. The van der Waals surface area contributed by atoms with Gasteiger partial charge in [-0.15, -0.1) is 0 Å². The van der Waals surface area contributed by atoms with Gasteiger partial charge in [-0.1, -0.05) is 6.07 Å². The number of rotatable bonds is 3. The Morgan fingerprint density at radius 1 is 1.13 bits per heavy atom. The molecule has 7 heteroatoms. The second-order valence-electron chi connectivity index (χ2n) is 5.47. The van der Waals surface area contributed by atoms with Crippen LogP contribution in [0.25, 0.3) is 0 Å². The summed E-state index contributed by atoms with van der Waals surface area (Å²) in [6.45, 7) is 2.75. The predicted octanol–water partition coefficient (Wildman–Crippen LogP) is 3.90. The van der Waals surface area contributed by atoms with Crippen molar-refractivity contribution in [1.82, 2.24) is 10.2 Å². The monoisotopic (exact) mass is 344 g/mol. The third-order valence-electron chi connectivity index (χ3n) is 3.99. The van der Waals surface area contributed by atoms with Gasteiger partial charge >= 0.3 is 6.18 Å². The van der Waals surface area contributed by atoms with E-state index >= 15 is 0 Å². The van der Waals surface area contributed by atoms with Crippen LogP contribution in [0, 0.1) is 5.82 Å². The van der Waals surface area contributed by atoms with Gasteiger partial charge in [0.15, 0.2) is 0 Å². The molecule has 23 heavy (non-hydrogen) atoms. The van der Waals surface area contributed by atoms with E-state index < -0.39 is 23.6 Å². The molecule has 1 aromatic carbocycles. The summed E-state index contributed by atoms with van der Waals surface area (Å²) in [5.74, 6) is -0.870. The van der Waals surface area contributed by atoms with Crippen molar-refractivity contribution < 1.29 is 17.6 Å². The normalized spacial score (nSPS) is 18.1. The lowest BCUT2D eigenvalue weighted by Crippen LogP contribution is -2.45. The molecule has 1 atom stereocenters. The zero-order chi connectivity index (χ0) is 16.4. The first-order valence-corrected chi connectivity index (χ1v) is 8.24. The molecular weight excluding hydrogens is 328 g/mol. The molecule has 1 saturated heterocycles. The third kappa shape index (κ3) is 3.57. The van der Waals surface area contributed by atoms with Crippen molar-refractivity contribution in [2.75, 3.05) is 26.2 Å². The first kappa shape index (κ1) is 16.4. The second-order valence-corrected chi connectivity index (χ2v) is 6.25. The average molecular weight is 344 g/mol. The Morgan fingerprint density at radius 2 is 1.87 bits per heavy atom. The van der Waals surface area contributed by atoms with Crippen LogP contribution in [0.5, 0.6) is 0 Å². The highest BCUT2D eigenvalue weighted by atomic mass is 32.1. The fourth-order valence-electron chi connectivity index (χ4n) is 2.97. The summed E-state index contributed by atoms with van der Waals surface area (Å²) in [6.07, 6.45) is -4.58. The summed E-state index contributed by atoms with van der Waals surface area (Å²) in [5.41, 5.74) is 0.0282. The van der Waals surface area contributed by atoms with E-state index in [1.165, 1.54) is 17.4 Å². The maximum Gasteiger partial charge on any atom is 0.416 e. The highest BCUT2D eigenvalue weighted by Gasteiger charge is 2.37. The molecule has 1 aromatic heterocycles. The quantitative estimate of drug-likeness (QED) is 0.850. The van der Waals surface area contributed by atoms with E-state index in [0.29, 0.717) is 19.2 Å². The van der Waals surface area contributed by atoms with Gasteiger partial charge in [0.25, 0.3) is 0 Å². The molecule has 0 radical (unpaired) electrons. The lowest BCUT2D eigenvalue weighted by Gasteiger charge is -2.36. The maximum absolute atomic E-state index is 13.4. The highest BCUT2D eigenvalue weighted by Crippen LogP contribution is 2.40. The van der Waals surface area contributed by atoms with Crippen molar-refractivity contribution in [3.8, 4) is 0 Å². The molecule has 3 rings (SSSR count). The summed E-state index contributed by atoms with van der Waals surface area (Å²) >= 11 is 1.45. The van der Waals surface area contributed by atoms with Crippen LogP contribution in [-0.2, 0) is 6.18 Å². The van der Waals surface area contributed by atoms with Gasteiger partial charge in [0.2, 0.25) is 0 Å². The Morgan fingerprint density at radius 3 is 2.48 bits per heavy atom. The van der Waals surface area contributed by atoms with Crippen LogP contribution < -0.4 is 5.32 Å². The number of hydrogen-bond acceptors (Lipinski definition) is 3. The average Bonchev–Trinajstić information content (AvgIpc) is 3.03. The van der Waals surface area contributed by atoms with Crippen LogP contribution >= 0.6 is 11.3 Å². The van der Waals surface area contributed by atoms with Crippen LogP contribution in [0.15, 0.2) is 35.0 Å². The minimum Gasteiger partial charge on any atom is -0.314 e. The lowest BCUT2D eigenvalue weighted by molar-refractivity contribution is -0.138. The number of hydrogen-bond donors (Lipinski definition) is 1. The lowest BCUT2D eigenvalue weighted by atomic mass is 9.93. The Hall–Kier alpha value is -1.44. The molecule has 2 nitrogen and oxygen atoms in total. The van der Waals surface area contributed by atoms with Gasteiger partial charge in [0.05, 0.1) is 11.6 Å². The second kappa shape index (κ2) is 6.59. The number of thiophene rings is 1. The van der Waals surface area contributed by atoms with E-state index in [9.17, 15) is 17.6 Å². The van der Waals surface area contributed by atoms with Gasteiger partial charge in [-0.05, 0) is 40.1 Å². The summed E-state index contributed by atoms with van der Waals surface area (Å²) < 4.78 is 53.6. The third-order valence-corrected chi connectivity index (χ3v) is 4.69. The van der Waals surface area contributed by atoms with Crippen LogP contribution in [-0.4, -0.2) is 31.1 Å². The van der Waals surface area contributed by atoms with Gasteiger partial charge in [-0.25, -0.2) is 4.39 Å². The number of benzene rings is 1. The SMILES string of the molecule is Fc1ccc([C@H](c2ccsc2)N2CCNCC2)c(C(F)(F)F)c1. The summed E-state index contributed by atoms with van der Waals surface area (Å²) in [4.78, 5) is 2.01. The molecule has 0 bridgehead atoms. The van der Waals surface area contributed by atoms with Crippen LogP contribution in [0.1, 0.15) is 22.7 Å². The predicted molar refractivity (Wildman–Crippen MR) is 82.0 cm³/mol. The van der Waals surface area contributed by atoms with Crippen molar-refractivity contribution in [3.63, 3.8) is 0 Å². The van der Waals surface area contributed by atoms with Crippen molar-refractivity contribution in [3.05, 3.63) is 57.5 Å². The Kier molecular flexibility index (Phi) is 4.70. The zero-order valence-corrected chi connectivity index (χ0v) is 13.1. The molecule has 2 aromatic rings. The topological polar surface area (TPSA) is 15.3 Å². The summed E-state index contributed by atoms with van der Waals surface area (Å²) in [6, 6.07) is 4.28. The van der Waals surface area contributed by atoms with Crippen LogP contribution in [0.2, 0.25) is 0 Å². The molecular formula is C16H16F4N2S. The first-order chi connectivity index (χ1) is 11.0. The smallest absolute Gasteiger partial charge is 0.314 e. The molecule has 2 heterocycles. The van der Waals surface area contributed by atoms with Gasteiger partial charge < -0.3 is 5.32 Å². The van der Waals surface area contributed by atoms with E-state index in [1.807, 2.05) is 21.7 Å². The van der Waals surface area contributed by atoms with Crippen molar-refractivity contribution in [2.45, 2.75) is 12.2 Å². The fourth-order valence-corrected chi connectivity index (χ4v) is 3.65. The van der Waals surface area contributed by atoms with Gasteiger partial charge in [-0.3, -0.25) is 4.90 Å². The zero-order valence-electron chi connectivity index (χ0n) is 12.2. The number of halogens is 4. The molecule has 0 spiro atoms. The Balaban J connectivity index is 2.10. The highest BCUT2D eigenvalue weighted by molar-refractivity contribution is 7.08. The molecule has 0 aliphatic carbocycles. The standard InChI is InChI=1S/C16H16F4N2S/c17-12-1-2-13(14(9-12)16(18,19)20)15(11-3-8-23-10-11)22-6-4-21-5-7-22/h1-3,8-10,15,21H,4-7H2/t15-/m0/s1. The van der Waals surface area contributed by atoms with E-state index in [1.54, 1.807) is 0 Å². The van der Waals surface area contributed by atoms with E-state index in [4.69, 9.17) is 0 Å². The molecule has 0 saturated carbocycles. The fraction of sp³-hybridized carbons (Fsp3) is 0.375. The largest absolute Gasteiger partial charge is 0.416 e. The van der Waals surface area contributed by atoms with E-state index in [2.05, 4.69) is 5.32 Å². The minimum absolute atomic E-state index is 0.110. The maximum atomic E-state index is 13.4. The molecule has 1 aliphatic rings. The molecule has 1 fully saturated rings. The number of alkyl halides is 3. The summed E-state index contributed by atoms with van der Waals surface area (Å²) in [5, 5.41) is 6.90. The molecule has 0 unspecified atom stereocenters. The van der Waals surface area contributed by atoms with Crippen LogP contribution in [0.3, 0.4) is 0 Å². The van der Waals surface area contributed by atoms with Crippen molar-refractivity contribution in [2.24, 2.45) is 0 Å². The van der Waals surface area contributed by atoms with E-state index in [0.717, 1.165) is 24.7 Å². The number of nitrogens with one attached hydrogen (secondary N) is 1. The summed E-state index contributed by atoms with van der Waals surface area (Å²) in [7, 11) is 0. The van der Waals surface area contributed by atoms with Crippen LogP contribution in [0.4, 0.5) is 17.6 Å². The van der Waals surface area contributed by atoms with E-state index in [-0.39, 0.29) is 5.56 Å². The minimum atomic E-state index is -4.58.